The Morgan fingerprint density at radius 1 is 1.20 bits per heavy atom. The first-order valence-electron chi connectivity index (χ1n) is 7.06. The summed E-state index contributed by atoms with van der Waals surface area (Å²) in [4.78, 5) is 15.3. The van der Waals surface area contributed by atoms with E-state index >= 15 is 0 Å². The Balaban J connectivity index is 1.76. The first-order chi connectivity index (χ1) is 12.0. The van der Waals surface area contributed by atoms with E-state index in [4.69, 9.17) is 26.5 Å². The quantitative estimate of drug-likeness (QED) is 0.743. The van der Waals surface area contributed by atoms with Crippen molar-refractivity contribution in [3.05, 3.63) is 70.8 Å². The van der Waals surface area contributed by atoms with Crippen molar-refractivity contribution in [2.75, 3.05) is 0 Å². The maximum atomic E-state index is 14.1. The van der Waals surface area contributed by atoms with E-state index in [0.717, 1.165) is 17.7 Å². The van der Waals surface area contributed by atoms with Gasteiger partial charge in [-0.2, -0.15) is 0 Å². The van der Waals surface area contributed by atoms with E-state index in [0.29, 0.717) is 10.7 Å². The number of nitrogens with two attached hydrogens (primary N) is 1. The average Bonchev–Trinajstić information content (AvgIpc) is 3.03. The summed E-state index contributed by atoms with van der Waals surface area (Å²) in [6, 6.07) is 8.91. The first-order valence-corrected chi connectivity index (χ1v) is 7.44. The number of carbonyl (C=O) groups excluding carboxylic acids is 1. The number of amides is 1. The molecule has 1 amide bonds. The van der Waals surface area contributed by atoms with E-state index < -0.39 is 23.1 Å². The number of rotatable bonds is 5. The fraction of sp³-hybridized carbons (Fsp3) is 0.0588. The maximum absolute atomic E-state index is 14.1. The van der Waals surface area contributed by atoms with Gasteiger partial charge in [0.25, 0.3) is 5.91 Å². The highest BCUT2D eigenvalue weighted by atomic mass is 35.5. The Labute approximate surface area is 146 Å². The minimum atomic E-state index is -1.22. The number of carbonyl (C=O) groups is 1. The molecule has 0 spiro atoms. The van der Waals surface area contributed by atoms with Crippen LogP contribution in [-0.2, 0) is 6.61 Å². The number of oxazole rings is 1. The van der Waals surface area contributed by atoms with E-state index in [2.05, 4.69) is 4.98 Å². The van der Waals surface area contributed by atoms with Crippen LogP contribution in [-0.4, -0.2) is 10.9 Å². The molecule has 0 saturated carbocycles. The van der Waals surface area contributed by atoms with Crippen LogP contribution < -0.4 is 10.5 Å². The first kappa shape index (κ1) is 16.9. The second kappa shape index (κ2) is 6.90. The smallest absolute Gasteiger partial charge is 0.254 e. The van der Waals surface area contributed by atoms with Crippen molar-refractivity contribution < 1.29 is 22.7 Å². The molecule has 1 heterocycles. The lowest BCUT2D eigenvalue weighted by atomic mass is 10.1. The minimum absolute atomic E-state index is 0.175. The predicted molar refractivity (Wildman–Crippen MR) is 86.2 cm³/mol. The Morgan fingerprint density at radius 3 is 2.60 bits per heavy atom. The molecule has 5 nitrogen and oxygen atoms in total. The fourth-order valence-electron chi connectivity index (χ4n) is 2.14. The molecule has 0 radical (unpaired) electrons. The highest BCUT2D eigenvalue weighted by Gasteiger charge is 2.19. The van der Waals surface area contributed by atoms with Gasteiger partial charge in [0.15, 0.2) is 18.2 Å². The number of primary amides is 1. The summed E-state index contributed by atoms with van der Waals surface area (Å²) in [6.45, 7) is -0.214. The van der Waals surface area contributed by atoms with Gasteiger partial charge in [0.2, 0.25) is 5.89 Å². The van der Waals surface area contributed by atoms with Crippen molar-refractivity contribution >= 4 is 17.5 Å². The van der Waals surface area contributed by atoms with Gasteiger partial charge in [-0.15, -0.1) is 0 Å². The van der Waals surface area contributed by atoms with Crippen LogP contribution in [0.15, 0.2) is 47.1 Å². The second-order valence-corrected chi connectivity index (χ2v) is 5.46. The Morgan fingerprint density at radius 2 is 1.92 bits per heavy atom. The lowest BCUT2D eigenvalue weighted by Crippen LogP contribution is -2.16. The van der Waals surface area contributed by atoms with Crippen LogP contribution >= 0.6 is 11.6 Å². The van der Waals surface area contributed by atoms with Gasteiger partial charge in [-0.3, -0.25) is 4.79 Å². The van der Waals surface area contributed by atoms with Crippen LogP contribution in [0.5, 0.6) is 5.75 Å². The van der Waals surface area contributed by atoms with Crippen molar-refractivity contribution in [2.45, 2.75) is 6.61 Å². The monoisotopic (exact) mass is 364 g/mol. The topological polar surface area (TPSA) is 78.4 Å². The molecule has 8 heteroatoms. The third-order valence-electron chi connectivity index (χ3n) is 3.34. The zero-order chi connectivity index (χ0) is 18.0. The molecule has 3 rings (SSSR count). The molecule has 0 aliphatic rings. The molecular weight excluding hydrogens is 354 g/mol. The van der Waals surface area contributed by atoms with Gasteiger partial charge in [0.1, 0.15) is 23.3 Å². The summed E-state index contributed by atoms with van der Waals surface area (Å²) < 4.78 is 38.0. The summed E-state index contributed by atoms with van der Waals surface area (Å²) in [5, 5.41) is 0.591. The molecule has 128 valence electrons. The molecular formula is C17H11ClF2N2O3. The third kappa shape index (κ3) is 3.61. The molecule has 2 N–H and O–H groups in total. The molecule has 3 aromatic rings. The van der Waals surface area contributed by atoms with Gasteiger partial charge < -0.3 is 14.9 Å². The Kier molecular flexibility index (Phi) is 4.67. The highest BCUT2D eigenvalue weighted by Crippen LogP contribution is 2.25. The van der Waals surface area contributed by atoms with Gasteiger partial charge in [-0.1, -0.05) is 23.7 Å². The average molecular weight is 365 g/mol. The molecule has 0 atom stereocenters. The zero-order valence-corrected chi connectivity index (χ0v) is 13.4. The van der Waals surface area contributed by atoms with E-state index in [1.165, 1.54) is 6.26 Å². The van der Waals surface area contributed by atoms with Crippen LogP contribution in [0, 0.1) is 11.6 Å². The van der Waals surface area contributed by atoms with Gasteiger partial charge >= 0.3 is 0 Å². The van der Waals surface area contributed by atoms with Crippen molar-refractivity contribution in [3.63, 3.8) is 0 Å². The predicted octanol–water partition coefficient (Wildman–Crippen LogP) is 3.95. The molecule has 2 aromatic carbocycles. The highest BCUT2D eigenvalue weighted by molar-refractivity contribution is 6.30. The van der Waals surface area contributed by atoms with Crippen LogP contribution in [0.3, 0.4) is 0 Å². The summed E-state index contributed by atoms with van der Waals surface area (Å²) in [7, 11) is 0. The molecule has 1 aromatic heterocycles. The van der Waals surface area contributed by atoms with Gasteiger partial charge in [0, 0.05) is 10.6 Å². The number of hydrogen-bond donors (Lipinski definition) is 1. The fourth-order valence-corrected chi connectivity index (χ4v) is 2.27. The summed E-state index contributed by atoms with van der Waals surface area (Å²) in [6.07, 6.45) is 1.41. The third-order valence-corrected chi connectivity index (χ3v) is 3.60. The summed E-state index contributed by atoms with van der Waals surface area (Å²) in [5.41, 5.74) is 5.43. The summed E-state index contributed by atoms with van der Waals surface area (Å²) >= 11 is 5.82. The number of nitrogens with zero attached hydrogens (tertiary/aromatic N) is 1. The second-order valence-electron chi connectivity index (χ2n) is 5.02. The Hall–Kier alpha value is -2.93. The van der Waals surface area contributed by atoms with Gasteiger partial charge in [-0.25, -0.2) is 13.8 Å². The number of hydrogen-bond acceptors (Lipinski definition) is 4. The maximum Gasteiger partial charge on any atom is 0.254 e. The van der Waals surface area contributed by atoms with E-state index in [1.54, 1.807) is 24.3 Å². The minimum Gasteiger partial charge on any atom is -0.481 e. The van der Waals surface area contributed by atoms with Crippen LogP contribution in [0.1, 0.15) is 16.2 Å². The van der Waals surface area contributed by atoms with Gasteiger partial charge in [0.05, 0.1) is 0 Å². The number of halogens is 3. The standard InChI is InChI=1S/C17H11ClF2N2O3/c18-10-3-1-9(2-4-10)12-7-25-14(22-12)8-24-13-6-5-11(19)15(16(13)20)17(21)23/h1-7H,8H2,(H2,21,23). The van der Waals surface area contributed by atoms with Gasteiger partial charge in [-0.05, 0) is 24.3 Å². The molecule has 0 saturated heterocycles. The molecule has 0 unspecified atom stereocenters. The van der Waals surface area contributed by atoms with Crippen molar-refractivity contribution in [2.24, 2.45) is 5.73 Å². The molecule has 25 heavy (non-hydrogen) atoms. The van der Waals surface area contributed by atoms with E-state index in [-0.39, 0.29) is 18.2 Å². The Bertz CT molecular complexity index is 926. The largest absolute Gasteiger partial charge is 0.481 e. The molecule has 0 aliphatic carbocycles. The van der Waals surface area contributed by atoms with Crippen molar-refractivity contribution in [1.82, 2.24) is 4.98 Å². The van der Waals surface area contributed by atoms with E-state index in [1.807, 2.05) is 0 Å². The van der Waals surface area contributed by atoms with Crippen molar-refractivity contribution in [1.29, 1.82) is 0 Å². The normalized spacial score (nSPS) is 10.7. The van der Waals surface area contributed by atoms with Crippen LogP contribution in [0.25, 0.3) is 11.3 Å². The molecule has 0 bridgehead atoms. The van der Waals surface area contributed by atoms with Crippen LogP contribution in [0.2, 0.25) is 5.02 Å². The molecule has 0 aliphatic heterocycles. The number of benzene rings is 2. The lowest BCUT2D eigenvalue weighted by Gasteiger charge is -2.08. The number of aromatic nitrogens is 1. The van der Waals surface area contributed by atoms with Crippen molar-refractivity contribution in [3.8, 4) is 17.0 Å². The van der Waals surface area contributed by atoms with E-state index in [9.17, 15) is 13.6 Å². The SMILES string of the molecule is NC(=O)c1c(F)ccc(OCc2nc(-c3ccc(Cl)cc3)co2)c1F. The number of ether oxygens (including phenoxy) is 1. The summed E-state index contributed by atoms with van der Waals surface area (Å²) in [5.74, 6) is -3.60. The zero-order valence-electron chi connectivity index (χ0n) is 12.6. The molecule has 0 fully saturated rings. The lowest BCUT2D eigenvalue weighted by molar-refractivity contribution is 0.0991. The van der Waals surface area contributed by atoms with Crippen LogP contribution in [0.4, 0.5) is 8.78 Å².